The van der Waals surface area contributed by atoms with E-state index in [9.17, 15) is 0 Å². The lowest BCUT2D eigenvalue weighted by Gasteiger charge is -2.09. The number of hydrogen-bond acceptors (Lipinski definition) is 3. The van der Waals surface area contributed by atoms with E-state index in [-0.39, 0.29) is 0 Å². The molecule has 1 aromatic heterocycles. The third kappa shape index (κ3) is 4.65. The number of nitrogens with zero attached hydrogens (tertiary/aromatic N) is 3. The Morgan fingerprint density at radius 1 is 1.08 bits per heavy atom. The van der Waals surface area contributed by atoms with Crippen molar-refractivity contribution in [3.63, 3.8) is 0 Å². The Morgan fingerprint density at radius 2 is 1.81 bits per heavy atom. The van der Waals surface area contributed by atoms with Crippen LogP contribution in [0, 0.1) is 6.92 Å². The molecule has 0 spiro atoms. The lowest BCUT2D eigenvalue weighted by atomic mass is 10.2. The summed E-state index contributed by atoms with van der Waals surface area (Å²) < 4.78 is 1.63. The van der Waals surface area contributed by atoms with E-state index in [1.807, 2.05) is 19.1 Å². The van der Waals surface area contributed by atoms with Crippen molar-refractivity contribution in [3.05, 3.63) is 68.9 Å². The Bertz CT molecular complexity index is 937. The molecule has 3 rings (SSSR count). The molecule has 0 saturated carbocycles. The van der Waals surface area contributed by atoms with E-state index >= 15 is 0 Å². The molecule has 1 heterocycles. The van der Waals surface area contributed by atoms with Crippen LogP contribution in [-0.4, -0.2) is 19.9 Å². The second-order valence-electron chi connectivity index (χ2n) is 5.51. The second kappa shape index (κ2) is 8.22. The number of aryl methyl sites for hydroxylation is 1. The first-order valence-corrected chi connectivity index (χ1v) is 9.13. The van der Waals surface area contributed by atoms with Gasteiger partial charge in [0, 0.05) is 26.3 Å². The van der Waals surface area contributed by atoms with Crippen molar-refractivity contribution in [2.24, 2.45) is 0 Å². The number of thiocarbonyl (C=S) groups is 1. The van der Waals surface area contributed by atoms with Gasteiger partial charge in [0.05, 0.1) is 6.54 Å². The maximum atomic E-state index is 6.18. The number of hydrogen-bond donors (Lipinski definition) is 2. The zero-order chi connectivity index (χ0) is 18.7. The Labute approximate surface area is 171 Å². The highest BCUT2D eigenvalue weighted by Crippen LogP contribution is 2.25. The Kier molecular flexibility index (Phi) is 5.98. The standard InChI is InChI=1S/C17H14Cl3N5S/c1-10-5-6-11(7-15(10)20)22-17(26)23-16-21-9-25(24-16)8-12-13(18)3-2-4-14(12)19/h2-7,9H,8H2,1H3,(H2,22,23,24,26). The molecule has 134 valence electrons. The number of benzene rings is 2. The van der Waals surface area contributed by atoms with Crippen molar-refractivity contribution in [2.75, 3.05) is 10.6 Å². The maximum absolute atomic E-state index is 6.18. The highest BCUT2D eigenvalue weighted by molar-refractivity contribution is 7.80. The van der Waals surface area contributed by atoms with Gasteiger partial charge < -0.3 is 5.32 Å². The van der Waals surface area contributed by atoms with Gasteiger partial charge in [0.15, 0.2) is 5.11 Å². The molecule has 0 aliphatic rings. The van der Waals surface area contributed by atoms with E-state index in [1.54, 1.807) is 35.3 Å². The van der Waals surface area contributed by atoms with Gasteiger partial charge in [-0.3, -0.25) is 5.32 Å². The van der Waals surface area contributed by atoms with Gasteiger partial charge >= 0.3 is 0 Å². The molecule has 0 radical (unpaired) electrons. The number of halogens is 3. The van der Waals surface area contributed by atoms with Crippen LogP contribution < -0.4 is 10.6 Å². The first kappa shape index (κ1) is 18.9. The fourth-order valence-electron chi connectivity index (χ4n) is 2.21. The van der Waals surface area contributed by atoms with Gasteiger partial charge in [-0.25, -0.2) is 9.67 Å². The van der Waals surface area contributed by atoms with Crippen LogP contribution in [0.25, 0.3) is 0 Å². The topological polar surface area (TPSA) is 54.8 Å². The average Bonchev–Trinajstić information content (AvgIpc) is 3.01. The van der Waals surface area contributed by atoms with Crippen molar-refractivity contribution in [1.82, 2.24) is 14.8 Å². The Balaban J connectivity index is 1.64. The normalized spacial score (nSPS) is 10.6. The molecule has 5 nitrogen and oxygen atoms in total. The van der Waals surface area contributed by atoms with Crippen LogP contribution in [0.2, 0.25) is 15.1 Å². The first-order valence-electron chi connectivity index (χ1n) is 7.59. The van der Waals surface area contributed by atoms with Crippen molar-refractivity contribution in [3.8, 4) is 0 Å². The summed E-state index contributed by atoms with van der Waals surface area (Å²) >= 11 is 23.8. The molecule has 0 aliphatic carbocycles. The van der Waals surface area contributed by atoms with E-state index in [1.165, 1.54) is 0 Å². The van der Waals surface area contributed by atoms with Crippen LogP contribution in [0.3, 0.4) is 0 Å². The minimum Gasteiger partial charge on any atom is -0.332 e. The van der Waals surface area contributed by atoms with Crippen LogP contribution in [0.1, 0.15) is 11.1 Å². The molecule has 0 unspecified atom stereocenters. The second-order valence-corrected chi connectivity index (χ2v) is 7.14. The molecular formula is C17H14Cl3N5S. The smallest absolute Gasteiger partial charge is 0.248 e. The number of rotatable bonds is 4. The lowest BCUT2D eigenvalue weighted by molar-refractivity contribution is 0.687. The number of anilines is 2. The summed E-state index contributed by atoms with van der Waals surface area (Å²) in [6, 6.07) is 11.0. The number of aromatic nitrogens is 3. The van der Waals surface area contributed by atoms with E-state index in [0.717, 1.165) is 16.8 Å². The molecule has 9 heteroatoms. The predicted molar refractivity (Wildman–Crippen MR) is 112 cm³/mol. The maximum Gasteiger partial charge on any atom is 0.248 e. The summed E-state index contributed by atoms with van der Waals surface area (Å²) in [5.74, 6) is 0.365. The number of nitrogens with one attached hydrogen (secondary N) is 2. The van der Waals surface area contributed by atoms with Gasteiger partial charge in [-0.15, -0.1) is 5.10 Å². The van der Waals surface area contributed by atoms with E-state index < -0.39 is 0 Å². The third-order valence-electron chi connectivity index (χ3n) is 3.57. The largest absolute Gasteiger partial charge is 0.332 e. The molecule has 2 aromatic carbocycles. The lowest BCUT2D eigenvalue weighted by Crippen LogP contribution is -2.20. The highest BCUT2D eigenvalue weighted by Gasteiger charge is 2.09. The first-order chi connectivity index (χ1) is 12.4. The molecule has 2 N–H and O–H groups in total. The predicted octanol–water partition coefficient (Wildman–Crippen LogP) is 5.40. The van der Waals surface area contributed by atoms with Crippen LogP contribution >= 0.6 is 47.0 Å². The third-order valence-corrected chi connectivity index (χ3v) is 4.89. The van der Waals surface area contributed by atoms with Crippen molar-refractivity contribution >= 4 is 63.8 Å². The minimum absolute atomic E-state index is 0.360. The molecular weight excluding hydrogens is 413 g/mol. The average molecular weight is 427 g/mol. The molecule has 0 fully saturated rings. The van der Waals surface area contributed by atoms with E-state index in [0.29, 0.717) is 32.7 Å². The highest BCUT2D eigenvalue weighted by atomic mass is 35.5. The van der Waals surface area contributed by atoms with Gasteiger partial charge in [-0.05, 0) is 49.0 Å². The van der Waals surface area contributed by atoms with Crippen molar-refractivity contribution in [2.45, 2.75) is 13.5 Å². The summed E-state index contributed by atoms with van der Waals surface area (Å²) in [6.45, 7) is 2.34. The summed E-state index contributed by atoms with van der Waals surface area (Å²) in [6.07, 6.45) is 1.58. The van der Waals surface area contributed by atoms with Crippen molar-refractivity contribution in [1.29, 1.82) is 0 Å². The molecule has 0 amide bonds. The van der Waals surface area contributed by atoms with Gasteiger partial charge in [0.25, 0.3) is 0 Å². The molecule has 0 aliphatic heterocycles. The molecule has 0 saturated heterocycles. The Morgan fingerprint density at radius 3 is 2.50 bits per heavy atom. The van der Waals surface area contributed by atoms with Gasteiger partial charge in [-0.2, -0.15) is 0 Å². The van der Waals surface area contributed by atoms with E-state index in [4.69, 9.17) is 47.0 Å². The Hall–Kier alpha value is -1.86. The summed E-state index contributed by atoms with van der Waals surface area (Å²) in [5, 5.41) is 12.5. The molecule has 0 atom stereocenters. The van der Waals surface area contributed by atoms with Gasteiger partial charge in [0.1, 0.15) is 6.33 Å². The van der Waals surface area contributed by atoms with Gasteiger partial charge in [0.2, 0.25) is 5.95 Å². The van der Waals surface area contributed by atoms with Crippen LogP contribution in [0.4, 0.5) is 11.6 Å². The summed E-state index contributed by atoms with van der Waals surface area (Å²) in [7, 11) is 0. The fraction of sp³-hybridized carbons (Fsp3) is 0.118. The van der Waals surface area contributed by atoms with Crippen LogP contribution in [0.15, 0.2) is 42.7 Å². The van der Waals surface area contributed by atoms with E-state index in [2.05, 4.69) is 20.7 Å². The molecule has 26 heavy (non-hydrogen) atoms. The summed E-state index contributed by atoms with van der Waals surface area (Å²) in [5.41, 5.74) is 2.55. The monoisotopic (exact) mass is 425 g/mol. The molecule has 3 aromatic rings. The van der Waals surface area contributed by atoms with Crippen LogP contribution in [-0.2, 0) is 6.54 Å². The minimum atomic E-state index is 0.360. The zero-order valence-electron chi connectivity index (χ0n) is 13.6. The van der Waals surface area contributed by atoms with Crippen LogP contribution in [0.5, 0.6) is 0 Å². The summed E-state index contributed by atoms with van der Waals surface area (Å²) in [4.78, 5) is 4.19. The molecule has 0 bridgehead atoms. The van der Waals surface area contributed by atoms with Gasteiger partial charge in [-0.1, -0.05) is 46.9 Å². The zero-order valence-corrected chi connectivity index (χ0v) is 16.7. The quantitative estimate of drug-likeness (QED) is 0.547. The van der Waals surface area contributed by atoms with Crippen molar-refractivity contribution < 1.29 is 0 Å². The SMILES string of the molecule is Cc1ccc(NC(=S)Nc2ncn(Cc3c(Cl)cccc3Cl)n2)cc1Cl. The fourth-order valence-corrected chi connectivity index (χ4v) is 3.11.